The average molecular weight is 751 g/mol. The van der Waals surface area contributed by atoms with E-state index in [2.05, 4.69) is 15.6 Å². The number of nitrogens with zero attached hydrogens (tertiary/aromatic N) is 3. The topological polar surface area (TPSA) is 140 Å². The molecular weight excluding hydrogens is 708 g/mol. The summed E-state index contributed by atoms with van der Waals surface area (Å²) in [6.45, 7) is 3.47. The molecule has 2 aromatic heterocycles. The summed E-state index contributed by atoms with van der Waals surface area (Å²) in [5.74, 6) is 1.76. The number of carbonyl (C=O) groups excluding carboxylic acids is 1. The predicted octanol–water partition coefficient (Wildman–Crippen LogP) is 8.30. The van der Waals surface area contributed by atoms with Crippen molar-refractivity contribution in [3.63, 3.8) is 0 Å². The minimum absolute atomic E-state index is 0. The van der Waals surface area contributed by atoms with Crippen molar-refractivity contribution in [3.8, 4) is 34.1 Å². The Morgan fingerprint density at radius 1 is 0.611 bits per heavy atom. The van der Waals surface area contributed by atoms with E-state index in [4.69, 9.17) is 23.6 Å². The number of halogens is 1. The first kappa shape index (κ1) is 39.3. The lowest BCUT2D eigenvalue weighted by Gasteiger charge is -2.31. The molecule has 2 N–H and O–H groups in total. The molecule has 0 aliphatic carbocycles. The van der Waals surface area contributed by atoms with E-state index in [0.29, 0.717) is 36.4 Å². The highest BCUT2D eigenvalue weighted by Gasteiger charge is 2.27. The molecule has 0 unspecified atom stereocenters. The Hall–Kier alpha value is -5.91. The second kappa shape index (κ2) is 20.4. The number of amides is 1. The maximum atomic E-state index is 12.7. The molecule has 11 nitrogen and oxygen atoms in total. The van der Waals surface area contributed by atoms with Gasteiger partial charge in [-0.2, -0.15) is 0 Å². The number of benzene rings is 4. The zero-order valence-corrected chi connectivity index (χ0v) is 30.5. The molecule has 4 heterocycles. The van der Waals surface area contributed by atoms with Crippen LogP contribution in [0, 0.1) is 0 Å². The zero-order valence-electron chi connectivity index (χ0n) is 29.7. The second-order valence-corrected chi connectivity index (χ2v) is 12.5. The van der Waals surface area contributed by atoms with Crippen molar-refractivity contribution in [1.82, 2.24) is 20.5 Å². The fourth-order valence-electron chi connectivity index (χ4n) is 5.86. The van der Waals surface area contributed by atoms with Crippen LogP contribution in [-0.2, 0) is 0 Å². The van der Waals surface area contributed by atoms with Crippen molar-refractivity contribution in [1.29, 1.82) is 0 Å². The highest BCUT2D eigenvalue weighted by atomic mass is 35.5. The van der Waals surface area contributed by atoms with Crippen molar-refractivity contribution in [2.45, 2.75) is 37.9 Å². The molecule has 2 fully saturated rings. The van der Waals surface area contributed by atoms with Gasteiger partial charge in [-0.05, 0) is 50.2 Å². The van der Waals surface area contributed by atoms with E-state index in [-0.39, 0.29) is 30.1 Å². The number of hydrogen-bond donors (Lipinski definition) is 2. The maximum Gasteiger partial charge on any atom is 0.358 e. The van der Waals surface area contributed by atoms with Crippen molar-refractivity contribution in [2.75, 3.05) is 26.2 Å². The van der Waals surface area contributed by atoms with Crippen LogP contribution < -0.4 is 14.8 Å². The first-order chi connectivity index (χ1) is 26.0. The van der Waals surface area contributed by atoms with Crippen molar-refractivity contribution in [2.24, 2.45) is 0 Å². The molecule has 2 aliphatic rings. The Kier molecular flexibility index (Phi) is 14.8. The predicted molar refractivity (Wildman–Crippen MR) is 207 cm³/mol. The van der Waals surface area contributed by atoms with Crippen LogP contribution in [0.15, 0.2) is 143 Å². The van der Waals surface area contributed by atoms with Crippen molar-refractivity contribution in [3.05, 3.63) is 145 Å². The van der Waals surface area contributed by atoms with E-state index in [1.165, 1.54) is 6.07 Å². The Bertz CT molecular complexity index is 1980. The number of aromatic carboxylic acids is 1. The summed E-state index contributed by atoms with van der Waals surface area (Å²) >= 11 is 0. The third-order valence-electron chi connectivity index (χ3n) is 8.68. The highest BCUT2D eigenvalue weighted by molar-refractivity contribution is 5.93. The Balaban J connectivity index is 0.000000169. The lowest BCUT2D eigenvalue weighted by Crippen LogP contribution is -2.41. The summed E-state index contributed by atoms with van der Waals surface area (Å²) in [4.78, 5) is 25.0. The van der Waals surface area contributed by atoms with Crippen molar-refractivity contribution >= 4 is 24.3 Å². The zero-order chi connectivity index (χ0) is 36.7. The molecule has 8 rings (SSSR count). The fourth-order valence-corrected chi connectivity index (χ4v) is 5.86. The summed E-state index contributed by atoms with van der Waals surface area (Å²) in [6, 6.07) is 41.8. The number of hydrogen-bond acceptors (Lipinski definition) is 9. The Labute approximate surface area is 320 Å². The average Bonchev–Trinajstić information content (AvgIpc) is 3.93. The van der Waals surface area contributed by atoms with Crippen LogP contribution in [0.5, 0.6) is 11.5 Å². The molecule has 54 heavy (non-hydrogen) atoms. The summed E-state index contributed by atoms with van der Waals surface area (Å²) < 4.78 is 22.0. The summed E-state index contributed by atoms with van der Waals surface area (Å²) in [7, 11) is 0. The van der Waals surface area contributed by atoms with E-state index in [9.17, 15) is 9.59 Å². The molecule has 280 valence electrons. The first-order valence-corrected chi connectivity index (χ1v) is 17.7. The number of rotatable bonds is 8. The SMILES string of the molecule is Cl.O=C(O)c1cc(-c2ccccc2)on1.O=C(c1cc(-c2ccccc2)on1)N1CCC(Oc2ccccc2)CC1.c1ccc(OC2CCNCC2)cc1. The molecule has 0 spiro atoms. The lowest BCUT2D eigenvalue weighted by molar-refractivity contribution is 0.0585. The Morgan fingerprint density at radius 2 is 1.02 bits per heavy atom. The van der Waals surface area contributed by atoms with Crippen LogP contribution >= 0.6 is 12.4 Å². The number of carboxylic acid groups (broad SMARTS) is 1. The number of nitrogens with one attached hydrogen (secondary N) is 1. The molecule has 12 heteroatoms. The largest absolute Gasteiger partial charge is 0.490 e. The van der Waals surface area contributed by atoms with E-state index < -0.39 is 5.97 Å². The highest BCUT2D eigenvalue weighted by Crippen LogP contribution is 2.24. The standard InChI is InChI=1S/C21H20N2O3.C11H15NO.C10H7NO3.ClH/c24-21(19-15-20(26-22-19)16-7-3-1-4-8-16)23-13-11-18(12-14-23)25-17-9-5-2-6-10-17;1-2-4-10(5-3-1)13-11-6-8-12-9-7-11;12-10(13)8-6-9(14-11-8)7-4-2-1-3-5-7;/h1-10,15,18H,11-14H2;1-5,11-12H,6-9H2;1-6H,(H,12,13);1H. The van der Waals surface area contributed by atoms with Gasteiger partial charge in [0, 0.05) is 49.2 Å². The summed E-state index contributed by atoms with van der Waals surface area (Å²) in [5, 5.41) is 19.3. The van der Waals surface area contributed by atoms with Crippen LogP contribution in [0.25, 0.3) is 22.6 Å². The van der Waals surface area contributed by atoms with E-state index >= 15 is 0 Å². The van der Waals surface area contributed by atoms with Crippen LogP contribution in [0.1, 0.15) is 46.7 Å². The molecule has 4 aromatic carbocycles. The van der Waals surface area contributed by atoms with Gasteiger partial charge in [-0.1, -0.05) is 107 Å². The number of carbonyl (C=O) groups is 2. The lowest BCUT2D eigenvalue weighted by atomic mass is 10.1. The Morgan fingerprint density at radius 3 is 1.46 bits per heavy atom. The molecule has 6 aromatic rings. The van der Waals surface area contributed by atoms with Gasteiger partial charge in [0.05, 0.1) is 0 Å². The number of para-hydroxylation sites is 2. The molecule has 0 saturated carbocycles. The van der Waals surface area contributed by atoms with Crippen LogP contribution in [0.4, 0.5) is 0 Å². The molecule has 2 aliphatic heterocycles. The number of ether oxygens (including phenoxy) is 2. The van der Waals surface area contributed by atoms with Crippen LogP contribution in [0.2, 0.25) is 0 Å². The van der Waals surface area contributed by atoms with Gasteiger partial charge in [-0.3, -0.25) is 4.79 Å². The third kappa shape index (κ3) is 11.5. The molecule has 0 bridgehead atoms. The maximum absolute atomic E-state index is 12.7. The van der Waals surface area contributed by atoms with Gasteiger partial charge in [0.1, 0.15) is 23.7 Å². The van der Waals surface area contributed by atoms with Crippen molar-refractivity contribution < 1.29 is 33.2 Å². The van der Waals surface area contributed by atoms with Gasteiger partial charge in [-0.15, -0.1) is 12.4 Å². The van der Waals surface area contributed by atoms with Gasteiger partial charge in [0.15, 0.2) is 22.9 Å². The van der Waals surface area contributed by atoms with E-state index in [1.807, 2.05) is 126 Å². The minimum Gasteiger partial charge on any atom is -0.490 e. The fraction of sp³-hybridized carbons (Fsp3) is 0.238. The quantitative estimate of drug-likeness (QED) is 0.156. The molecule has 2 saturated heterocycles. The number of likely N-dealkylation sites (tertiary alicyclic amines) is 1. The second-order valence-electron chi connectivity index (χ2n) is 12.5. The normalized spacial score (nSPS) is 14.3. The summed E-state index contributed by atoms with van der Waals surface area (Å²) in [5.41, 5.74) is 2.00. The molecule has 0 atom stereocenters. The van der Waals surface area contributed by atoms with Gasteiger partial charge in [0.25, 0.3) is 5.91 Å². The van der Waals surface area contributed by atoms with Gasteiger partial charge in [-0.25, -0.2) is 4.79 Å². The number of aromatic nitrogens is 2. The smallest absolute Gasteiger partial charge is 0.358 e. The van der Waals surface area contributed by atoms with E-state index in [1.54, 1.807) is 6.07 Å². The molecular formula is C42H43ClN4O7. The third-order valence-corrected chi connectivity index (χ3v) is 8.68. The summed E-state index contributed by atoms with van der Waals surface area (Å²) in [6.07, 6.45) is 4.40. The first-order valence-electron chi connectivity index (χ1n) is 17.7. The van der Waals surface area contributed by atoms with Gasteiger partial charge in [0.2, 0.25) is 0 Å². The number of carboxylic acids is 1. The monoisotopic (exact) mass is 750 g/mol. The van der Waals surface area contributed by atoms with Gasteiger partial charge >= 0.3 is 5.97 Å². The van der Waals surface area contributed by atoms with E-state index in [0.717, 1.165) is 61.4 Å². The number of piperidine rings is 2. The van der Waals surface area contributed by atoms with Crippen LogP contribution in [-0.4, -0.2) is 70.6 Å². The molecule has 1 amide bonds. The van der Waals surface area contributed by atoms with Gasteiger partial charge < -0.3 is 33.8 Å². The van der Waals surface area contributed by atoms with Crippen LogP contribution in [0.3, 0.4) is 0 Å². The minimum atomic E-state index is -1.09. The molecule has 0 radical (unpaired) electrons.